The number of carbonyl (C=O) groups excluding carboxylic acids is 4. The lowest BCUT2D eigenvalue weighted by Gasteiger charge is -2.44. The van der Waals surface area contributed by atoms with Crippen LogP contribution in [0.3, 0.4) is 0 Å². The summed E-state index contributed by atoms with van der Waals surface area (Å²) < 4.78 is 26.4. The molecule has 1 aliphatic rings. The van der Waals surface area contributed by atoms with Crippen LogP contribution >= 0.6 is 22.6 Å². The van der Waals surface area contributed by atoms with E-state index in [1.54, 1.807) is 13.8 Å². The van der Waals surface area contributed by atoms with Crippen molar-refractivity contribution >= 4 is 46.8 Å². The van der Waals surface area contributed by atoms with Crippen molar-refractivity contribution in [2.75, 3.05) is 6.61 Å². The minimum absolute atomic E-state index is 0.240. The Balaban J connectivity index is 3.15. The van der Waals surface area contributed by atoms with Crippen molar-refractivity contribution in [3.8, 4) is 0 Å². The lowest BCUT2D eigenvalue weighted by Crippen LogP contribution is -2.61. The number of carbonyl (C=O) groups is 4. The summed E-state index contributed by atoms with van der Waals surface area (Å²) in [5, 5.41) is 0. The van der Waals surface area contributed by atoms with E-state index in [4.69, 9.17) is 23.7 Å². The van der Waals surface area contributed by atoms with E-state index in [0.29, 0.717) is 6.29 Å². The van der Waals surface area contributed by atoms with E-state index in [1.807, 2.05) is 22.6 Å². The summed E-state index contributed by atoms with van der Waals surface area (Å²) >= 11 is 1.94. The van der Waals surface area contributed by atoms with E-state index in [-0.39, 0.29) is 6.61 Å². The quantitative estimate of drug-likeness (QED) is 0.171. The Labute approximate surface area is 165 Å². The molecule has 0 amide bonds. The zero-order valence-corrected chi connectivity index (χ0v) is 17.4. The third-order valence-corrected chi connectivity index (χ3v) is 4.63. The van der Waals surface area contributed by atoms with Gasteiger partial charge in [0.05, 0.1) is 0 Å². The molecule has 10 heteroatoms. The average molecular weight is 486 g/mol. The van der Waals surface area contributed by atoms with Crippen LogP contribution in [0, 0.1) is 0 Å². The summed E-state index contributed by atoms with van der Waals surface area (Å²) in [5.41, 5.74) is -1.16. The van der Waals surface area contributed by atoms with Crippen molar-refractivity contribution < 1.29 is 42.9 Å². The first kappa shape index (κ1) is 22.8. The molecule has 0 unspecified atom stereocenters. The van der Waals surface area contributed by atoms with Gasteiger partial charge in [0.25, 0.3) is 0 Å². The van der Waals surface area contributed by atoms with Crippen LogP contribution in [0.15, 0.2) is 0 Å². The van der Waals surface area contributed by atoms with Gasteiger partial charge < -0.3 is 28.5 Å². The van der Waals surface area contributed by atoms with Crippen molar-refractivity contribution in [2.45, 2.75) is 68.7 Å². The molecule has 0 radical (unpaired) electrons. The molecule has 9 nitrogen and oxygen atoms in total. The molecule has 1 saturated heterocycles. The van der Waals surface area contributed by atoms with Gasteiger partial charge in [-0.25, -0.2) is 0 Å². The SMILES string of the molecule is CC(=O)OC[C@H]1O[C@H](OC(C)(C)C=O)[C@@H](I)[C@@H](OC(C)=O)[C@@H]1OC(C)=O. The van der Waals surface area contributed by atoms with Crippen LogP contribution in [0.25, 0.3) is 0 Å². The largest absolute Gasteiger partial charge is 0.463 e. The lowest BCUT2D eigenvalue weighted by atomic mass is 10.0. The van der Waals surface area contributed by atoms with Gasteiger partial charge in [0.15, 0.2) is 24.8 Å². The van der Waals surface area contributed by atoms with Crippen LogP contribution in [0.5, 0.6) is 0 Å². The maximum atomic E-state index is 11.5. The molecule has 0 aliphatic carbocycles. The van der Waals surface area contributed by atoms with Crippen LogP contribution < -0.4 is 0 Å². The van der Waals surface area contributed by atoms with Gasteiger partial charge in [0.2, 0.25) is 0 Å². The Bertz CT molecular complexity index is 548. The number of aldehydes is 1. The van der Waals surface area contributed by atoms with Gasteiger partial charge >= 0.3 is 17.9 Å². The highest BCUT2D eigenvalue weighted by Crippen LogP contribution is 2.33. The second kappa shape index (κ2) is 9.60. The Hall–Kier alpha value is -1.27. The summed E-state index contributed by atoms with van der Waals surface area (Å²) in [5.74, 6) is -1.75. The zero-order valence-electron chi connectivity index (χ0n) is 15.2. The van der Waals surface area contributed by atoms with E-state index in [9.17, 15) is 19.2 Å². The van der Waals surface area contributed by atoms with Crippen LogP contribution in [0.1, 0.15) is 34.6 Å². The Morgan fingerprint density at radius 2 is 1.58 bits per heavy atom. The molecule has 148 valence electrons. The molecule has 0 aromatic rings. The van der Waals surface area contributed by atoms with Crippen molar-refractivity contribution in [1.29, 1.82) is 0 Å². The fourth-order valence-corrected chi connectivity index (χ4v) is 3.16. The van der Waals surface area contributed by atoms with E-state index in [0.717, 1.165) is 0 Å². The molecule has 1 fully saturated rings. The standard InChI is InChI=1S/C16H23IO9/c1-8(19)22-6-11-13(23-9(2)20)14(24-10(3)21)12(17)15(25-11)26-16(4,5)7-18/h7,11-15H,6H2,1-5H3/t11-,12+,13-,14-,15-/m1/s1. The molecular weight excluding hydrogens is 463 g/mol. The number of ether oxygens (including phenoxy) is 5. The molecule has 1 rings (SSSR count). The fraction of sp³-hybridized carbons (Fsp3) is 0.750. The number of hydrogen-bond donors (Lipinski definition) is 0. The molecule has 1 aliphatic heterocycles. The summed E-state index contributed by atoms with van der Waals surface area (Å²) in [7, 11) is 0. The van der Waals surface area contributed by atoms with Gasteiger partial charge in [-0.2, -0.15) is 0 Å². The molecular formula is C16H23IO9. The molecule has 1 heterocycles. The van der Waals surface area contributed by atoms with E-state index < -0.39 is 52.0 Å². The zero-order chi connectivity index (χ0) is 20.1. The molecule has 0 bridgehead atoms. The first-order valence-corrected chi connectivity index (χ1v) is 9.13. The van der Waals surface area contributed by atoms with Gasteiger partial charge in [0, 0.05) is 20.8 Å². The maximum absolute atomic E-state index is 11.5. The van der Waals surface area contributed by atoms with Crippen LogP contribution in [0.4, 0.5) is 0 Å². The van der Waals surface area contributed by atoms with E-state index in [2.05, 4.69) is 0 Å². The Kier molecular flexibility index (Phi) is 8.41. The topological polar surface area (TPSA) is 114 Å². The minimum atomic E-state index is -1.16. The van der Waals surface area contributed by atoms with Gasteiger partial charge in [-0.05, 0) is 13.8 Å². The Morgan fingerprint density at radius 3 is 2.04 bits per heavy atom. The minimum Gasteiger partial charge on any atom is -0.463 e. The van der Waals surface area contributed by atoms with Crippen molar-refractivity contribution in [2.24, 2.45) is 0 Å². The van der Waals surface area contributed by atoms with Crippen molar-refractivity contribution in [1.82, 2.24) is 0 Å². The van der Waals surface area contributed by atoms with E-state index >= 15 is 0 Å². The van der Waals surface area contributed by atoms with Crippen LogP contribution in [0.2, 0.25) is 0 Å². The summed E-state index contributed by atoms with van der Waals surface area (Å²) in [6.45, 7) is 6.50. The molecule has 0 saturated carbocycles. The fourth-order valence-electron chi connectivity index (χ4n) is 2.28. The second-order valence-electron chi connectivity index (χ2n) is 6.28. The molecule has 0 aromatic carbocycles. The molecule has 26 heavy (non-hydrogen) atoms. The number of hydrogen-bond acceptors (Lipinski definition) is 9. The maximum Gasteiger partial charge on any atom is 0.303 e. The number of esters is 3. The number of halogens is 1. The van der Waals surface area contributed by atoms with Gasteiger partial charge in [-0.15, -0.1) is 0 Å². The van der Waals surface area contributed by atoms with Crippen molar-refractivity contribution in [3.05, 3.63) is 0 Å². The Morgan fingerprint density at radius 1 is 1.04 bits per heavy atom. The normalized spacial score (nSPS) is 28.8. The van der Waals surface area contributed by atoms with Gasteiger partial charge in [-0.1, -0.05) is 22.6 Å². The third-order valence-electron chi connectivity index (χ3n) is 3.33. The first-order valence-electron chi connectivity index (χ1n) is 7.88. The average Bonchev–Trinajstić information content (AvgIpc) is 2.51. The highest BCUT2D eigenvalue weighted by atomic mass is 127. The molecule has 5 atom stereocenters. The predicted molar refractivity (Wildman–Crippen MR) is 95.4 cm³/mol. The van der Waals surface area contributed by atoms with Crippen LogP contribution in [-0.4, -0.2) is 64.9 Å². The lowest BCUT2D eigenvalue weighted by molar-refractivity contribution is -0.277. The van der Waals surface area contributed by atoms with E-state index in [1.165, 1.54) is 20.8 Å². The highest BCUT2D eigenvalue weighted by Gasteiger charge is 2.50. The number of rotatable bonds is 7. The van der Waals surface area contributed by atoms with Crippen LogP contribution in [-0.2, 0) is 42.9 Å². The number of alkyl halides is 1. The predicted octanol–water partition coefficient (Wildman–Crippen LogP) is 0.935. The molecule has 0 N–H and O–H groups in total. The third kappa shape index (κ3) is 6.80. The summed E-state index contributed by atoms with van der Waals surface area (Å²) in [4.78, 5) is 45.3. The summed E-state index contributed by atoms with van der Waals surface area (Å²) in [6, 6.07) is 0. The highest BCUT2D eigenvalue weighted by molar-refractivity contribution is 14.1. The first-order chi connectivity index (χ1) is 12.0. The molecule has 0 spiro atoms. The second-order valence-corrected chi connectivity index (χ2v) is 7.72. The van der Waals surface area contributed by atoms with Gasteiger partial charge in [0.1, 0.15) is 22.2 Å². The monoisotopic (exact) mass is 486 g/mol. The molecule has 0 aromatic heterocycles. The van der Waals surface area contributed by atoms with Crippen molar-refractivity contribution in [3.63, 3.8) is 0 Å². The smallest absolute Gasteiger partial charge is 0.303 e. The summed E-state index contributed by atoms with van der Waals surface area (Å²) in [6.07, 6.45) is -3.21. The van der Waals surface area contributed by atoms with Gasteiger partial charge in [-0.3, -0.25) is 14.4 Å².